The Morgan fingerprint density at radius 3 is 2.04 bits per heavy atom. The smallest absolute Gasteiger partial charge is 0.223 e. The van der Waals surface area contributed by atoms with E-state index in [-0.39, 0.29) is 29.0 Å². The van der Waals surface area contributed by atoms with Crippen LogP contribution in [0.4, 0.5) is 0 Å². The maximum absolute atomic E-state index is 11.5. The summed E-state index contributed by atoms with van der Waals surface area (Å²) in [6.45, 7) is 4.00. The Kier molecular flexibility index (Phi) is 8.18. The average molecular weight is 377 g/mol. The summed E-state index contributed by atoms with van der Waals surface area (Å²) in [4.78, 5) is 27.7. The van der Waals surface area contributed by atoms with Crippen LogP contribution in [0.2, 0.25) is 0 Å². The van der Waals surface area contributed by atoms with Crippen molar-refractivity contribution in [3.8, 4) is 11.5 Å². The van der Waals surface area contributed by atoms with Gasteiger partial charge in [0, 0.05) is 35.9 Å². The van der Waals surface area contributed by atoms with E-state index in [4.69, 9.17) is 9.84 Å². The third-order valence-corrected chi connectivity index (χ3v) is 3.30. The predicted octanol–water partition coefficient (Wildman–Crippen LogP) is 3.07. The number of aromatic hydroxyl groups is 1. The Labute approximate surface area is 156 Å². The second kappa shape index (κ2) is 10.1. The van der Waals surface area contributed by atoms with Gasteiger partial charge in [0.2, 0.25) is 10.9 Å². The molecular weight excluding hydrogens is 356 g/mol. The molecule has 0 radical (unpaired) electrons. The van der Waals surface area contributed by atoms with E-state index in [0.717, 1.165) is 17.0 Å². The normalized spacial score (nSPS) is 9.46. The van der Waals surface area contributed by atoms with Crippen molar-refractivity contribution in [3.63, 3.8) is 0 Å². The van der Waals surface area contributed by atoms with Crippen LogP contribution in [0.15, 0.2) is 64.4 Å². The molecule has 0 saturated carbocycles. The van der Waals surface area contributed by atoms with Crippen LogP contribution in [0.25, 0.3) is 0 Å². The van der Waals surface area contributed by atoms with Gasteiger partial charge in [0.1, 0.15) is 6.61 Å². The first-order valence-corrected chi connectivity index (χ1v) is 7.70. The first-order chi connectivity index (χ1) is 12.0. The summed E-state index contributed by atoms with van der Waals surface area (Å²) >= 11 is 0. The van der Waals surface area contributed by atoms with Crippen molar-refractivity contribution in [3.05, 3.63) is 92.3 Å². The molecule has 3 aromatic rings. The molecule has 0 aliphatic carbocycles. The highest BCUT2D eigenvalue weighted by molar-refractivity contribution is 5.85. The van der Waals surface area contributed by atoms with Gasteiger partial charge < -0.3 is 19.8 Å². The Bertz CT molecular complexity index is 936. The Balaban J connectivity index is 0.000000290. The van der Waals surface area contributed by atoms with Crippen molar-refractivity contribution in [1.29, 1.82) is 0 Å². The summed E-state index contributed by atoms with van der Waals surface area (Å²) < 4.78 is 5.43. The molecule has 0 amide bonds. The third-order valence-electron chi connectivity index (χ3n) is 3.30. The number of aromatic nitrogens is 2. The molecule has 0 spiro atoms. The van der Waals surface area contributed by atoms with E-state index in [1.54, 1.807) is 13.1 Å². The number of nitrogens with one attached hydrogen (secondary N) is 2. The molecule has 0 unspecified atom stereocenters. The van der Waals surface area contributed by atoms with Crippen LogP contribution >= 0.6 is 12.4 Å². The fourth-order valence-electron chi connectivity index (χ4n) is 1.97. The van der Waals surface area contributed by atoms with Crippen molar-refractivity contribution in [1.82, 2.24) is 9.97 Å². The number of halogens is 1. The maximum Gasteiger partial charge on any atom is 0.223 e. The lowest BCUT2D eigenvalue weighted by atomic mass is 10.2. The highest BCUT2D eigenvalue weighted by Crippen LogP contribution is 2.06. The van der Waals surface area contributed by atoms with Gasteiger partial charge in [-0.3, -0.25) is 9.59 Å². The zero-order chi connectivity index (χ0) is 18.2. The SMILES string of the molecule is Cc1cc(=O)c(O)c[nH]1.Cc1cc(=O)c(OCc2ccccc2)c[nH]1.Cl. The fraction of sp³-hybridized carbons (Fsp3) is 0.158. The van der Waals surface area contributed by atoms with Crippen LogP contribution in [0, 0.1) is 13.8 Å². The molecule has 0 atom stereocenters. The van der Waals surface area contributed by atoms with Crippen LogP contribution in [-0.2, 0) is 6.61 Å². The van der Waals surface area contributed by atoms with Gasteiger partial charge in [-0.2, -0.15) is 0 Å². The molecule has 138 valence electrons. The minimum atomic E-state index is -0.341. The van der Waals surface area contributed by atoms with Crippen LogP contribution in [-0.4, -0.2) is 15.1 Å². The van der Waals surface area contributed by atoms with Crippen LogP contribution in [0.1, 0.15) is 17.0 Å². The van der Waals surface area contributed by atoms with E-state index >= 15 is 0 Å². The number of ether oxygens (including phenoxy) is 1. The molecule has 0 saturated heterocycles. The number of aryl methyl sites for hydroxylation is 2. The molecule has 3 N–H and O–H groups in total. The van der Waals surface area contributed by atoms with Gasteiger partial charge in [-0.15, -0.1) is 12.4 Å². The van der Waals surface area contributed by atoms with E-state index in [9.17, 15) is 9.59 Å². The summed E-state index contributed by atoms with van der Waals surface area (Å²) in [7, 11) is 0. The Hall–Kier alpha value is -2.99. The molecule has 6 nitrogen and oxygen atoms in total. The van der Waals surface area contributed by atoms with Gasteiger partial charge in [-0.05, 0) is 19.4 Å². The summed E-state index contributed by atoms with van der Waals surface area (Å²) in [6, 6.07) is 12.6. The monoisotopic (exact) mass is 376 g/mol. The van der Waals surface area contributed by atoms with Crippen molar-refractivity contribution < 1.29 is 9.84 Å². The van der Waals surface area contributed by atoms with Crippen LogP contribution in [0.5, 0.6) is 11.5 Å². The number of aromatic amines is 2. The van der Waals surface area contributed by atoms with Crippen molar-refractivity contribution >= 4 is 12.4 Å². The second-order valence-electron chi connectivity index (χ2n) is 5.48. The van der Waals surface area contributed by atoms with Crippen molar-refractivity contribution in [2.75, 3.05) is 0 Å². The molecule has 1 aromatic carbocycles. The highest BCUT2D eigenvalue weighted by Gasteiger charge is 2.00. The lowest BCUT2D eigenvalue weighted by Gasteiger charge is -2.05. The first kappa shape index (κ1) is 21.1. The number of hydrogen-bond acceptors (Lipinski definition) is 4. The fourth-order valence-corrected chi connectivity index (χ4v) is 1.97. The first-order valence-electron chi connectivity index (χ1n) is 7.70. The van der Waals surface area contributed by atoms with Gasteiger partial charge >= 0.3 is 0 Å². The molecule has 3 rings (SSSR count). The van der Waals surface area contributed by atoms with Crippen molar-refractivity contribution in [2.45, 2.75) is 20.5 Å². The average Bonchev–Trinajstić information content (AvgIpc) is 2.59. The molecule has 2 heterocycles. The van der Waals surface area contributed by atoms with E-state index in [1.807, 2.05) is 37.3 Å². The van der Waals surface area contributed by atoms with Gasteiger partial charge in [0.15, 0.2) is 11.5 Å². The molecule has 0 fully saturated rings. The molecule has 2 aromatic heterocycles. The summed E-state index contributed by atoms with van der Waals surface area (Å²) in [5.74, 6) is 0.120. The summed E-state index contributed by atoms with van der Waals surface area (Å²) in [6.07, 6.45) is 2.87. The van der Waals surface area contributed by atoms with Crippen molar-refractivity contribution in [2.24, 2.45) is 0 Å². The van der Waals surface area contributed by atoms with E-state index in [2.05, 4.69) is 9.97 Å². The van der Waals surface area contributed by atoms with E-state index in [1.165, 1.54) is 18.3 Å². The van der Waals surface area contributed by atoms with Gasteiger partial charge in [0.25, 0.3) is 0 Å². The maximum atomic E-state index is 11.5. The minimum absolute atomic E-state index is 0. The molecule has 0 aliphatic heterocycles. The predicted molar refractivity (Wildman–Crippen MR) is 103 cm³/mol. The molecule has 0 bridgehead atoms. The number of benzene rings is 1. The largest absolute Gasteiger partial charge is 0.503 e. The van der Waals surface area contributed by atoms with Crippen LogP contribution in [0.3, 0.4) is 0 Å². The summed E-state index contributed by atoms with van der Waals surface area (Å²) in [5.41, 5.74) is 2.19. The quantitative estimate of drug-likeness (QED) is 0.654. The lowest BCUT2D eigenvalue weighted by molar-refractivity contribution is 0.302. The highest BCUT2D eigenvalue weighted by atomic mass is 35.5. The van der Waals surface area contributed by atoms with Gasteiger partial charge in [-0.25, -0.2) is 0 Å². The van der Waals surface area contributed by atoms with Gasteiger partial charge in [0.05, 0.1) is 0 Å². The van der Waals surface area contributed by atoms with Crippen LogP contribution < -0.4 is 15.6 Å². The Morgan fingerprint density at radius 1 is 0.923 bits per heavy atom. The zero-order valence-corrected chi connectivity index (χ0v) is 15.3. The molecule has 26 heavy (non-hydrogen) atoms. The summed E-state index contributed by atoms with van der Waals surface area (Å²) in [5, 5.41) is 8.70. The van der Waals surface area contributed by atoms with Gasteiger partial charge in [-0.1, -0.05) is 30.3 Å². The lowest BCUT2D eigenvalue weighted by Crippen LogP contribution is -2.08. The zero-order valence-electron chi connectivity index (χ0n) is 14.5. The van der Waals surface area contributed by atoms with E-state index in [0.29, 0.717) is 12.4 Å². The minimum Gasteiger partial charge on any atom is -0.503 e. The topological polar surface area (TPSA) is 95.2 Å². The number of hydrogen-bond donors (Lipinski definition) is 3. The number of pyridine rings is 2. The second-order valence-corrected chi connectivity index (χ2v) is 5.48. The standard InChI is InChI=1S/C13H13NO2.C6H7NO2.ClH/c1-10-7-12(15)13(8-14-10)16-9-11-5-3-2-4-6-11;1-4-2-5(8)6(9)3-7-4;/h2-8H,9H2,1H3,(H,14,15);2-3,9H,1H3,(H,7,8);1H. The molecule has 0 aliphatic rings. The van der Waals surface area contributed by atoms with E-state index < -0.39 is 0 Å². The third kappa shape index (κ3) is 6.49. The molecular formula is C19H21ClN2O4. The number of H-pyrrole nitrogens is 2. The number of rotatable bonds is 3. The molecule has 7 heteroatoms. The Morgan fingerprint density at radius 2 is 1.50 bits per heavy atom.